The van der Waals surface area contributed by atoms with E-state index in [0.29, 0.717) is 5.39 Å². The standard InChI is InChI=1S/C19H20FN3OS/c20-14-7-5-13(6-8-14)15-12-25-19-17(15)18(24)21-16(22-19)11-23-9-3-1-2-4-10-23/h5-8,12H,1-4,9-11H2,(H,21,22,24)/p+1. The Morgan fingerprint density at radius 3 is 2.56 bits per heavy atom. The summed E-state index contributed by atoms with van der Waals surface area (Å²) in [5.41, 5.74) is 1.56. The molecular weight excluding hydrogens is 337 g/mol. The minimum Gasteiger partial charge on any atom is -0.329 e. The maximum Gasteiger partial charge on any atom is 0.260 e. The molecule has 1 aromatic carbocycles. The van der Waals surface area contributed by atoms with Crippen LogP contribution < -0.4 is 10.5 Å². The molecule has 3 heterocycles. The second-order valence-corrected chi connectivity index (χ2v) is 7.55. The predicted octanol–water partition coefficient (Wildman–Crippen LogP) is 2.75. The van der Waals surface area contributed by atoms with Crippen LogP contribution in [0.3, 0.4) is 0 Å². The van der Waals surface area contributed by atoms with E-state index < -0.39 is 0 Å². The molecule has 2 aromatic heterocycles. The highest BCUT2D eigenvalue weighted by atomic mass is 32.1. The van der Waals surface area contributed by atoms with Crippen LogP contribution in [0.1, 0.15) is 31.5 Å². The van der Waals surface area contributed by atoms with Gasteiger partial charge in [-0.1, -0.05) is 12.1 Å². The first-order chi connectivity index (χ1) is 12.2. The Morgan fingerprint density at radius 2 is 1.84 bits per heavy atom. The Bertz CT molecular complexity index is 924. The highest BCUT2D eigenvalue weighted by Crippen LogP contribution is 2.30. The van der Waals surface area contributed by atoms with Crippen LogP contribution in [-0.2, 0) is 6.54 Å². The maximum atomic E-state index is 13.1. The molecule has 0 bridgehead atoms. The van der Waals surface area contributed by atoms with Gasteiger partial charge in [0.05, 0.1) is 18.5 Å². The highest BCUT2D eigenvalue weighted by Gasteiger charge is 2.17. The second kappa shape index (κ2) is 7.06. The van der Waals surface area contributed by atoms with Gasteiger partial charge in [-0.3, -0.25) is 4.79 Å². The van der Waals surface area contributed by atoms with Gasteiger partial charge in [-0.15, -0.1) is 11.3 Å². The number of halogens is 1. The van der Waals surface area contributed by atoms with Gasteiger partial charge in [0.25, 0.3) is 5.56 Å². The molecule has 2 N–H and O–H groups in total. The van der Waals surface area contributed by atoms with Gasteiger partial charge in [-0.25, -0.2) is 9.37 Å². The Labute approximate surface area is 149 Å². The summed E-state index contributed by atoms with van der Waals surface area (Å²) in [4.78, 5) is 22.6. The molecule has 3 aromatic rings. The number of nitrogens with zero attached hydrogens (tertiary/aromatic N) is 1. The molecule has 4 rings (SSSR count). The highest BCUT2D eigenvalue weighted by molar-refractivity contribution is 7.17. The van der Waals surface area contributed by atoms with Crippen LogP contribution >= 0.6 is 11.3 Å². The number of nitrogens with one attached hydrogen (secondary N) is 2. The Balaban J connectivity index is 1.67. The number of fused-ring (bicyclic) bond motifs is 1. The zero-order valence-corrected chi connectivity index (χ0v) is 14.8. The van der Waals surface area contributed by atoms with Crippen molar-refractivity contribution in [1.29, 1.82) is 0 Å². The number of thiophene rings is 1. The van der Waals surface area contributed by atoms with Crippen molar-refractivity contribution in [3.8, 4) is 11.1 Å². The van der Waals surface area contributed by atoms with Gasteiger partial charge in [0, 0.05) is 10.9 Å². The number of aromatic nitrogens is 2. The van der Waals surface area contributed by atoms with Crippen molar-refractivity contribution in [2.24, 2.45) is 0 Å². The number of hydrogen-bond acceptors (Lipinski definition) is 3. The third-order valence-electron chi connectivity index (χ3n) is 4.88. The van der Waals surface area contributed by atoms with Crippen molar-refractivity contribution in [2.45, 2.75) is 32.2 Å². The van der Waals surface area contributed by atoms with Gasteiger partial charge in [0.2, 0.25) is 0 Å². The zero-order chi connectivity index (χ0) is 17.2. The van der Waals surface area contributed by atoms with E-state index in [2.05, 4.69) is 4.98 Å². The lowest BCUT2D eigenvalue weighted by molar-refractivity contribution is -0.913. The Hall–Kier alpha value is -2.05. The number of rotatable bonds is 3. The Kier molecular flexibility index (Phi) is 4.63. The molecule has 130 valence electrons. The molecule has 0 spiro atoms. The van der Waals surface area contributed by atoms with Gasteiger partial charge in [-0.2, -0.15) is 0 Å². The molecule has 0 aliphatic carbocycles. The van der Waals surface area contributed by atoms with Crippen molar-refractivity contribution in [3.05, 3.63) is 51.6 Å². The Morgan fingerprint density at radius 1 is 1.12 bits per heavy atom. The summed E-state index contributed by atoms with van der Waals surface area (Å²) in [6.07, 6.45) is 5.10. The summed E-state index contributed by atoms with van der Waals surface area (Å²) >= 11 is 1.47. The molecule has 4 nitrogen and oxygen atoms in total. The average molecular weight is 358 g/mol. The van der Waals surface area contributed by atoms with E-state index in [4.69, 9.17) is 4.98 Å². The van der Waals surface area contributed by atoms with Crippen LogP contribution in [0, 0.1) is 5.82 Å². The van der Waals surface area contributed by atoms with Crippen LogP contribution in [-0.4, -0.2) is 23.1 Å². The third kappa shape index (κ3) is 3.50. The maximum absolute atomic E-state index is 13.1. The quantitative estimate of drug-likeness (QED) is 0.756. The molecule has 1 aliphatic rings. The van der Waals surface area contributed by atoms with E-state index >= 15 is 0 Å². The molecule has 0 atom stereocenters. The van der Waals surface area contributed by atoms with E-state index in [0.717, 1.165) is 41.4 Å². The number of hydrogen-bond donors (Lipinski definition) is 2. The smallest absolute Gasteiger partial charge is 0.260 e. The minimum atomic E-state index is -0.280. The van der Waals surface area contributed by atoms with Crippen molar-refractivity contribution in [2.75, 3.05) is 13.1 Å². The van der Waals surface area contributed by atoms with E-state index in [1.807, 2.05) is 5.38 Å². The second-order valence-electron chi connectivity index (χ2n) is 6.69. The van der Waals surface area contributed by atoms with E-state index in [-0.39, 0.29) is 11.4 Å². The van der Waals surface area contributed by atoms with Gasteiger partial charge in [0.15, 0.2) is 5.82 Å². The summed E-state index contributed by atoms with van der Waals surface area (Å²) < 4.78 is 13.1. The summed E-state index contributed by atoms with van der Waals surface area (Å²) in [6, 6.07) is 6.23. The molecule has 1 aliphatic heterocycles. The van der Waals surface area contributed by atoms with Crippen molar-refractivity contribution < 1.29 is 9.29 Å². The van der Waals surface area contributed by atoms with E-state index in [1.54, 1.807) is 12.1 Å². The number of H-pyrrole nitrogens is 1. The SMILES string of the molecule is O=c1[nH]c(C[NH+]2CCCCCC2)nc2scc(-c3ccc(F)cc3)c12. The number of likely N-dealkylation sites (tertiary alicyclic amines) is 1. The summed E-state index contributed by atoms with van der Waals surface area (Å²) in [5.74, 6) is 0.486. The lowest BCUT2D eigenvalue weighted by atomic mass is 10.1. The number of benzene rings is 1. The minimum absolute atomic E-state index is 0.102. The molecule has 0 radical (unpaired) electrons. The molecule has 0 unspecified atom stereocenters. The number of quaternary nitrogens is 1. The molecular formula is C19H21FN3OS+. The van der Waals surface area contributed by atoms with Crippen molar-refractivity contribution in [3.63, 3.8) is 0 Å². The largest absolute Gasteiger partial charge is 0.329 e. The van der Waals surface area contributed by atoms with Gasteiger partial charge >= 0.3 is 0 Å². The summed E-state index contributed by atoms with van der Waals surface area (Å²) in [7, 11) is 0. The lowest BCUT2D eigenvalue weighted by Crippen LogP contribution is -3.10. The molecule has 1 saturated heterocycles. The van der Waals surface area contributed by atoms with Gasteiger partial charge < -0.3 is 9.88 Å². The van der Waals surface area contributed by atoms with E-state index in [1.165, 1.54) is 54.1 Å². The molecule has 0 amide bonds. The summed E-state index contributed by atoms with van der Waals surface area (Å²) in [6.45, 7) is 3.06. The van der Waals surface area contributed by atoms with Crippen LogP contribution in [0.2, 0.25) is 0 Å². The monoisotopic (exact) mass is 358 g/mol. The van der Waals surface area contributed by atoms with Crippen LogP contribution in [0.15, 0.2) is 34.4 Å². The predicted molar refractivity (Wildman–Crippen MR) is 98.5 cm³/mol. The third-order valence-corrected chi connectivity index (χ3v) is 5.75. The zero-order valence-electron chi connectivity index (χ0n) is 14.0. The van der Waals surface area contributed by atoms with Gasteiger partial charge in [0.1, 0.15) is 17.2 Å². The molecule has 1 fully saturated rings. The normalized spacial score (nSPS) is 16.2. The van der Waals surface area contributed by atoms with Gasteiger partial charge in [-0.05, 0) is 43.4 Å². The fourth-order valence-electron chi connectivity index (χ4n) is 3.56. The van der Waals surface area contributed by atoms with Crippen molar-refractivity contribution in [1.82, 2.24) is 9.97 Å². The first-order valence-electron chi connectivity index (χ1n) is 8.80. The van der Waals surface area contributed by atoms with Crippen LogP contribution in [0.25, 0.3) is 21.3 Å². The fourth-order valence-corrected chi connectivity index (χ4v) is 4.53. The first-order valence-corrected chi connectivity index (χ1v) is 9.68. The van der Waals surface area contributed by atoms with Crippen LogP contribution in [0.4, 0.5) is 4.39 Å². The van der Waals surface area contributed by atoms with E-state index in [9.17, 15) is 9.18 Å². The molecule has 25 heavy (non-hydrogen) atoms. The number of aromatic amines is 1. The van der Waals surface area contributed by atoms with Crippen molar-refractivity contribution >= 4 is 21.6 Å². The first kappa shape index (κ1) is 16.4. The average Bonchev–Trinajstić information content (AvgIpc) is 2.86. The summed E-state index contributed by atoms with van der Waals surface area (Å²) in [5, 5.41) is 2.54. The molecule has 6 heteroatoms. The van der Waals surface area contributed by atoms with Crippen LogP contribution in [0.5, 0.6) is 0 Å². The molecule has 0 saturated carbocycles. The fraction of sp³-hybridized carbons (Fsp3) is 0.368. The topological polar surface area (TPSA) is 50.2 Å². The lowest BCUT2D eigenvalue weighted by Gasteiger charge is -2.16.